The second kappa shape index (κ2) is 5.53. The third kappa shape index (κ3) is 2.54. The van der Waals surface area contributed by atoms with Crippen LogP contribution in [-0.2, 0) is 4.74 Å². The standard InChI is InChI=1S/C15H19NO3/c1-16-15(11-5-4-8-17-9-11)14-10-18-12-6-2-3-7-13(12)19-14/h2-3,6-7,9,14-16H,4-5,8,10H2,1H3. The van der Waals surface area contributed by atoms with Crippen LogP contribution in [0.15, 0.2) is 36.1 Å². The molecule has 0 spiro atoms. The van der Waals surface area contributed by atoms with Crippen LogP contribution in [0.1, 0.15) is 12.8 Å². The molecule has 0 saturated carbocycles. The highest BCUT2D eigenvalue weighted by Gasteiger charge is 2.31. The lowest BCUT2D eigenvalue weighted by molar-refractivity contribution is 0.0691. The quantitative estimate of drug-likeness (QED) is 0.904. The molecule has 0 saturated heterocycles. The van der Waals surface area contributed by atoms with Crippen molar-refractivity contribution in [1.29, 1.82) is 0 Å². The van der Waals surface area contributed by atoms with Gasteiger partial charge in [-0.15, -0.1) is 0 Å². The maximum atomic E-state index is 6.05. The van der Waals surface area contributed by atoms with Crippen LogP contribution in [0.25, 0.3) is 0 Å². The molecular formula is C15H19NO3. The SMILES string of the molecule is CNC(C1=COCCC1)C1COc2ccccc2O1. The Bertz CT molecular complexity index is 472. The number of hydrogen-bond acceptors (Lipinski definition) is 4. The van der Waals surface area contributed by atoms with E-state index in [2.05, 4.69) is 5.32 Å². The van der Waals surface area contributed by atoms with Crippen molar-refractivity contribution in [3.8, 4) is 11.5 Å². The van der Waals surface area contributed by atoms with Gasteiger partial charge in [-0.1, -0.05) is 12.1 Å². The molecule has 0 aliphatic carbocycles. The molecular weight excluding hydrogens is 242 g/mol. The molecule has 2 unspecified atom stereocenters. The predicted molar refractivity (Wildman–Crippen MR) is 72.5 cm³/mol. The van der Waals surface area contributed by atoms with Crippen molar-refractivity contribution in [2.45, 2.75) is 25.0 Å². The highest BCUT2D eigenvalue weighted by atomic mass is 16.6. The molecule has 4 nitrogen and oxygen atoms in total. The summed E-state index contributed by atoms with van der Waals surface area (Å²) in [7, 11) is 1.95. The first-order chi connectivity index (χ1) is 9.38. The van der Waals surface area contributed by atoms with Crippen molar-refractivity contribution in [2.75, 3.05) is 20.3 Å². The van der Waals surface area contributed by atoms with E-state index in [0.717, 1.165) is 30.9 Å². The topological polar surface area (TPSA) is 39.7 Å². The first-order valence-electron chi connectivity index (χ1n) is 6.75. The molecule has 0 aromatic heterocycles. The Morgan fingerprint density at radius 3 is 2.84 bits per heavy atom. The monoisotopic (exact) mass is 261 g/mol. The van der Waals surface area contributed by atoms with E-state index < -0.39 is 0 Å². The van der Waals surface area contributed by atoms with E-state index in [1.165, 1.54) is 5.57 Å². The number of nitrogens with one attached hydrogen (secondary N) is 1. The molecule has 0 fully saturated rings. The summed E-state index contributed by atoms with van der Waals surface area (Å²) >= 11 is 0. The number of hydrogen-bond donors (Lipinski definition) is 1. The van der Waals surface area contributed by atoms with E-state index in [-0.39, 0.29) is 12.1 Å². The van der Waals surface area contributed by atoms with Gasteiger partial charge < -0.3 is 19.5 Å². The lowest BCUT2D eigenvalue weighted by Crippen LogP contribution is -2.48. The Hall–Kier alpha value is -1.68. The van der Waals surface area contributed by atoms with Crippen LogP contribution in [0.5, 0.6) is 11.5 Å². The minimum atomic E-state index is -0.0205. The average Bonchev–Trinajstić information content (AvgIpc) is 2.49. The minimum absolute atomic E-state index is 0.0205. The molecule has 1 aromatic carbocycles. The fourth-order valence-corrected chi connectivity index (χ4v) is 2.62. The Kier molecular flexibility index (Phi) is 3.60. The van der Waals surface area contributed by atoms with Crippen LogP contribution in [0.3, 0.4) is 0 Å². The zero-order chi connectivity index (χ0) is 13.1. The average molecular weight is 261 g/mol. The number of rotatable bonds is 3. The summed E-state index contributed by atoms with van der Waals surface area (Å²) in [5.41, 5.74) is 1.25. The van der Waals surface area contributed by atoms with Crippen molar-refractivity contribution < 1.29 is 14.2 Å². The molecule has 19 heavy (non-hydrogen) atoms. The second-order valence-corrected chi connectivity index (χ2v) is 4.85. The number of ether oxygens (including phenoxy) is 3. The van der Waals surface area contributed by atoms with E-state index >= 15 is 0 Å². The molecule has 1 aromatic rings. The van der Waals surface area contributed by atoms with E-state index in [9.17, 15) is 0 Å². The fourth-order valence-electron chi connectivity index (χ4n) is 2.62. The van der Waals surface area contributed by atoms with Gasteiger partial charge in [0.15, 0.2) is 17.6 Å². The van der Waals surface area contributed by atoms with Crippen LogP contribution in [0.4, 0.5) is 0 Å². The summed E-state index contributed by atoms with van der Waals surface area (Å²) in [6, 6.07) is 7.93. The Balaban J connectivity index is 1.77. The lowest BCUT2D eigenvalue weighted by atomic mass is 9.97. The summed E-state index contributed by atoms with van der Waals surface area (Å²) < 4.78 is 17.3. The molecule has 2 aliphatic heterocycles. The van der Waals surface area contributed by atoms with Crippen molar-refractivity contribution in [3.05, 3.63) is 36.1 Å². The number of likely N-dealkylation sites (N-methyl/N-ethyl adjacent to an activating group) is 1. The molecule has 2 atom stereocenters. The zero-order valence-electron chi connectivity index (χ0n) is 11.1. The Morgan fingerprint density at radius 1 is 1.26 bits per heavy atom. The van der Waals surface area contributed by atoms with E-state index in [0.29, 0.717) is 6.61 Å². The summed E-state index contributed by atoms with van der Waals surface area (Å²) in [5, 5.41) is 3.32. The molecule has 1 N–H and O–H groups in total. The van der Waals surface area contributed by atoms with Crippen LogP contribution < -0.4 is 14.8 Å². The molecule has 102 valence electrons. The maximum absolute atomic E-state index is 6.05. The van der Waals surface area contributed by atoms with Crippen molar-refractivity contribution in [2.24, 2.45) is 0 Å². The van der Waals surface area contributed by atoms with Crippen LogP contribution >= 0.6 is 0 Å². The third-order valence-electron chi connectivity index (χ3n) is 3.58. The number of benzene rings is 1. The summed E-state index contributed by atoms with van der Waals surface area (Å²) in [6.07, 6.45) is 3.96. The normalized spacial score (nSPS) is 23.2. The lowest BCUT2D eigenvalue weighted by Gasteiger charge is -2.34. The third-order valence-corrected chi connectivity index (χ3v) is 3.58. The largest absolute Gasteiger partial charge is 0.501 e. The molecule has 0 radical (unpaired) electrons. The van der Waals surface area contributed by atoms with Crippen molar-refractivity contribution in [1.82, 2.24) is 5.32 Å². The van der Waals surface area contributed by atoms with Gasteiger partial charge in [-0.2, -0.15) is 0 Å². The van der Waals surface area contributed by atoms with Gasteiger partial charge in [-0.05, 0) is 37.6 Å². The maximum Gasteiger partial charge on any atom is 0.161 e. The van der Waals surface area contributed by atoms with E-state index in [1.54, 1.807) is 0 Å². The number of fused-ring (bicyclic) bond motifs is 1. The molecule has 4 heteroatoms. The van der Waals surface area contributed by atoms with Gasteiger partial charge in [0.25, 0.3) is 0 Å². The van der Waals surface area contributed by atoms with Crippen LogP contribution in [0.2, 0.25) is 0 Å². The molecule has 2 aliphatic rings. The minimum Gasteiger partial charge on any atom is -0.501 e. The van der Waals surface area contributed by atoms with Gasteiger partial charge in [0.1, 0.15) is 6.61 Å². The van der Waals surface area contributed by atoms with Gasteiger partial charge in [0.05, 0.1) is 18.9 Å². The van der Waals surface area contributed by atoms with Gasteiger partial charge in [0.2, 0.25) is 0 Å². The highest BCUT2D eigenvalue weighted by Crippen LogP contribution is 2.33. The summed E-state index contributed by atoms with van der Waals surface area (Å²) in [4.78, 5) is 0. The number of para-hydroxylation sites is 2. The Morgan fingerprint density at radius 2 is 2.11 bits per heavy atom. The van der Waals surface area contributed by atoms with Crippen LogP contribution in [0, 0.1) is 0 Å². The fraction of sp³-hybridized carbons (Fsp3) is 0.467. The zero-order valence-corrected chi connectivity index (χ0v) is 11.1. The van der Waals surface area contributed by atoms with Crippen LogP contribution in [-0.4, -0.2) is 32.4 Å². The van der Waals surface area contributed by atoms with Gasteiger partial charge in [0, 0.05) is 0 Å². The highest BCUT2D eigenvalue weighted by molar-refractivity contribution is 5.41. The molecule has 0 amide bonds. The Labute approximate surface area is 113 Å². The van der Waals surface area contributed by atoms with E-state index in [4.69, 9.17) is 14.2 Å². The molecule has 3 rings (SSSR count). The second-order valence-electron chi connectivity index (χ2n) is 4.85. The van der Waals surface area contributed by atoms with Gasteiger partial charge in [-0.3, -0.25) is 0 Å². The van der Waals surface area contributed by atoms with Crippen molar-refractivity contribution in [3.63, 3.8) is 0 Å². The smallest absolute Gasteiger partial charge is 0.161 e. The van der Waals surface area contributed by atoms with Crippen molar-refractivity contribution >= 4 is 0 Å². The first kappa shape index (κ1) is 12.4. The predicted octanol–water partition coefficient (Wildman–Crippen LogP) is 2.11. The van der Waals surface area contributed by atoms with E-state index in [1.807, 2.05) is 37.6 Å². The molecule has 2 heterocycles. The van der Waals surface area contributed by atoms with Gasteiger partial charge >= 0.3 is 0 Å². The molecule has 0 bridgehead atoms. The summed E-state index contributed by atoms with van der Waals surface area (Å²) in [6.45, 7) is 1.37. The summed E-state index contributed by atoms with van der Waals surface area (Å²) in [5.74, 6) is 1.64. The van der Waals surface area contributed by atoms with Gasteiger partial charge in [-0.25, -0.2) is 0 Å². The first-order valence-corrected chi connectivity index (χ1v) is 6.75.